The van der Waals surface area contributed by atoms with Crippen LogP contribution in [-0.4, -0.2) is 31.8 Å². The Kier molecular flexibility index (Phi) is 4.64. The highest BCUT2D eigenvalue weighted by Gasteiger charge is 2.22. The lowest BCUT2D eigenvalue weighted by atomic mass is 10.1. The number of benzene rings is 1. The fraction of sp³-hybridized carbons (Fsp3) is 0.263. The molecule has 3 heterocycles. The molecular weight excluding hydrogens is 382 g/mol. The average molecular weight is 400 g/mol. The topological polar surface area (TPSA) is 95.0 Å². The lowest BCUT2D eigenvalue weighted by molar-refractivity contribution is 0.0952. The number of amides is 1. The number of furan rings is 1. The molecule has 0 aliphatic carbocycles. The first-order valence-electron chi connectivity index (χ1n) is 8.80. The van der Waals surface area contributed by atoms with Crippen LogP contribution in [0.3, 0.4) is 0 Å². The van der Waals surface area contributed by atoms with Gasteiger partial charge >= 0.3 is 0 Å². The number of hydrogen-bond acceptors (Lipinski definition) is 5. The van der Waals surface area contributed by atoms with Crippen molar-refractivity contribution in [3.05, 3.63) is 57.4 Å². The number of carbonyl (C=O) groups excluding carboxylic acids is 1. The number of nitrogens with one attached hydrogen (secondary N) is 1. The van der Waals surface area contributed by atoms with Crippen molar-refractivity contribution in [3.63, 3.8) is 0 Å². The average Bonchev–Trinajstić information content (AvgIpc) is 3.24. The fourth-order valence-corrected chi connectivity index (χ4v) is 3.44. The van der Waals surface area contributed by atoms with Gasteiger partial charge in [-0.05, 0) is 25.5 Å². The zero-order valence-electron chi connectivity index (χ0n) is 15.4. The molecule has 4 aromatic rings. The predicted octanol–water partition coefficient (Wildman–Crippen LogP) is 2.66. The number of fused-ring (bicyclic) bond motifs is 2. The summed E-state index contributed by atoms with van der Waals surface area (Å²) >= 11 is 6.17. The highest BCUT2D eigenvalue weighted by molar-refractivity contribution is 6.35. The monoisotopic (exact) mass is 399 g/mol. The summed E-state index contributed by atoms with van der Waals surface area (Å²) < 4.78 is 8.64. The van der Waals surface area contributed by atoms with Crippen LogP contribution in [0.4, 0.5) is 0 Å². The first kappa shape index (κ1) is 18.2. The molecule has 0 aliphatic heterocycles. The van der Waals surface area contributed by atoms with Gasteiger partial charge in [-0.25, -0.2) is 4.98 Å². The lowest BCUT2D eigenvalue weighted by Gasteiger charge is -2.06. The SMILES string of the molecule is Cc1oc2ncn(C)c(=O)c2c1C(=O)NCCCn1ncc2c(Cl)cccc21. The molecule has 0 fully saturated rings. The number of nitrogens with zero attached hydrogens (tertiary/aromatic N) is 4. The molecule has 1 amide bonds. The van der Waals surface area contributed by atoms with Crippen LogP contribution in [0.5, 0.6) is 0 Å². The number of aryl methyl sites for hydroxylation is 3. The van der Waals surface area contributed by atoms with Crippen LogP contribution in [0.25, 0.3) is 22.0 Å². The van der Waals surface area contributed by atoms with Crippen LogP contribution in [0.1, 0.15) is 22.5 Å². The van der Waals surface area contributed by atoms with Gasteiger partial charge in [0.2, 0.25) is 5.71 Å². The second-order valence-electron chi connectivity index (χ2n) is 6.52. The zero-order chi connectivity index (χ0) is 19.8. The van der Waals surface area contributed by atoms with Gasteiger partial charge in [-0.1, -0.05) is 17.7 Å². The Morgan fingerprint density at radius 3 is 3.00 bits per heavy atom. The molecule has 0 atom stereocenters. The standard InChI is InChI=1S/C19H18ClN5O3/c1-11-15(16-18(28-11)22-10-24(2)19(16)27)17(26)21-7-4-8-25-14-6-3-5-13(20)12(14)9-23-25/h3,5-6,9-10H,4,7-8H2,1-2H3,(H,21,26). The van der Waals surface area contributed by atoms with Crippen LogP contribution >= 0.6 is 11.6 Å². The van der Waals surface area contributed by atoms with E-state index in [1.54, 1.807) is 20.2 Å². The number of rotatable bonds is 5. The molecule has 0 spiro atoms. The van der Waals surface area contributed by atoms with Gasteiger partial charge in [-0.3, -0.25) is 14.3 Å². The summed E-state index contributed by atoms with van der Waals surface area (Å²) in [7, 11) is 1.58. The summed E-state index contributed by atoms with van der Waals surface area (Å²) in [4.78, 5) is 29.1. The van der Waals surface area contributed by atoms with Crippen molar-refractivity contribution in [1.29, 1.82) is 0 Å². The van der Waals surface area contributed by atoms with Gasteiger partial charge in [0.05, 0.1) is 22.3 Å². The van der Waals surface area contributed by atoms with Crippen molar-refractivity contribution >= 4 is 39.5 Å². The summed E-state index contributed by atoms with van der Waals surface area (Å²) in [5.74, 6) is 0.0192. The summed E-state index contributed by atoms with van der Waals surface area (Å²) in [5.41, 5.74) is 1.04. The second-order valence-corrected chi connectivity index (χ2v) is 6.93. The van der Waals surface area contributed by atoms with Crippen LogP contribution in [0.15, 0.2) is 39.9 Å². The lowest BCUT2D eigenvalue weighted by Crippen LogP contribution is -2.27. The molecule has 3 aromatic heterocycles. The fourth-order valence-electron chi connectivity index (χ4n) is 3.23. The first-order chi connectivity index (χ1) is 13.5. The zero-order valence-corrected chi connectivity index (χ0v) is 16.2. The second kappa shape index (κ2) is 7.12. The van der Waals surface area contributed by atoms with Gasteiger partial charge in [0.1, 0.15) is 17.5 Å². The van der Waals surface area contributed by atoms with Gasteiger partial charge in [-0.15, -0.1) is 0 Å². The van der Waals surface area contributed by atoms with Crippen LogP contribution < -0.4 is 10.9 Å². The van der Waals surface area contributed by atoms with Crippen molar-refractivity contribution in [3.8, 4) is 0 Å². The van der Waals surface area contributed by atoms with E-state index in [1.165, 1.54) is 10.9 Å². The molecule has 28 heavy (non-hydrogen) atoms. The van der Waals surface area contributed by atoms with E-state index in [-0.39, 0.29) is 28.1 Å². The molecule has 1 aromatic carbocycles. The van der Waals surface area contributed by atoms with E-state index in [9.17, 15) is 9.59 Å². The molecule has 9 heteroatoms. The van der Waals surface area contributed by atoms with E-state index in [1.807, 2.05) is 22.9 Å². The largest absolute Gasteiger partial charge is 0.442 e. The molecule has 0 saturated heterocycles. The van der Waals surface area contributed by atoms with E-state index in [4.69, 9.17) is 16.0 Å². The molecule has 8 nitrogen and oxygen atoms in total. The number of carbonyl (C=O) groups is 1. The third-order valence-corrected chi connectivity index (χ3v) is 4.97. The van der Waals surface area contributed by atoms with Crippen molar-refractivity contribution in [2.75, 3.05) is 6.54 Å². The highest BCUT2D eigenvalue weighted by atomic mass is 35.5. The first-order valence-corrected chi connectivity index (χ1v) is 9.18. The molecule has 0 unspecified atom stereocenters. The normalized spacial score (nSPS) is 11.4. The van der Waals surface area contributed by atoms with Crippen molar-refractivity contribution in [1.82, 2.24) is 24.6 Å². The van der Waals surface area contributed by atoms with Gasteiger partial charge in [-0.2, -0.15) is 5.10 Å². The minimum absolute atomic E-state index is 0.172. The van der Waals surface area contributed by atoms with Gasteiger partial charge in [0.15, 0.2) is 0 Å². The van der Waals surface area contributed by atoms with Gasteiger partial charge in [0.25, 0.3) is 11.5 Å². The van der Waals surface area contributed by atoms with Crippen LogP contribution in [-0.2, 0) is 13.6 Å². The molecule has 144 valence electrons. The number of halogens is 1. The summed E-state index contributed by atoms with van der Waals surface area (Å²) in [6, 6.07) is 5.66. The van der Waals surface area contributed by atoms with Crippen molar-refractivity contribution in [2.24, 2.45) is 7.05 Å². The Balaban J connectivity index is 1.46. The summed E-state index contributed by atoms with van der Waals surface area (Å²) in [6.45, 7) is 2.70. The van der Waals surface area contributed by atoms with Crippen molar-refractivity contribution in [2.45, 2.75) is 19.9 Å². The Hall–Kier alpha value is -3.13. The molecular formula is C19H18ClN5O3. The maximum Gasteiger partial charge on any atom is 0.265 e. The minimum Gasteiger partial charge on any atom is -0.442 e. The Bertz CT molecular complexity index is 1250. The Morgan fingerprint density at radius 2 is 2.18 bits per heavy atom. The Morgan fingerprint density at radius 1 is 1.36 bits per heavy atom. The van der Waals surface area contributed by atoms with E-state index in [0.717, 1.165) is 10.9 Å². The van der Waals surface area contributed by atoms with Gasteiger partial charge < -0.3 is 14.3 Å². The van der Waals surface area contributed by atoms with E-state index in [2.05, 4.69) is 15.4 Å². The van der Waals surface area contributed by atoms with Crippen LogP contribution in [0, 0.1) is 6.92 Å². The minimum atomic E-state index is -0.352. The molecule has 0 aliphatic rings. The molecule has 0 radical (unpaired) electrons. The maximum absolute atomic E-state index is 12.6. The quantitative estimate of drug-likeness (QED) is 0.520. The number of hydrogen-bond donors (Lipinski definition) is 1. The third-order valence-electron chi connectivity index (χ3n) is 4.64. The number of aromatic nitrogens is 4. The smallest absolute Gasteiger partial charge is 0.265 e. The van der Waals surface area contributed by atoms with Gasteiger partial charge in [0, 0.05) is 25.5 Å². The van der Waals surface area contributed by atoms with Crippen molar-refractivity contribution < 1.29 is 9.21 Å². The van der Waals surface area contributed by atoms with E-state index >= 15 is 0 Å². The highest BCUT2D eigenvalue weighted by Crippen LogP contribution is 2.23. The summed E-state index contributed by atoms with van der Waals surface area (Å²) in [5, 5.41) is 8.96. The summed E-state index contributed by atoms with van der Waals surface area (Å²) in [6.07, 6.45) is 3.77. The predicted molar refractivity (Wildman–Crippen MR) is 106 cm³/mol. The van der Waals surface area contributed by atoms with E-state index in [0.29, 0.717) is 30.3 Å². The van der Waals surface area contributed by atoms with Crippen LogP contribution in [0.2, 0.25) is 5.02 Å². The molecule has 1 N–H and O–H groups in total. The molecule has 4 rings (SSSR count). The maximum atomic E-state index is 12.6. The van der Waals surface area contributed by atoms with E-state index < -0.39 is 0 Å². The molecule has 0 bridgehead atoms. The third kappa shape index (κ3) is 3.05. The molecule has 0 saturated carbocycles. The Labute approximate surface area is 164 Å².